The second kappa shape index (κ2) is 6.44. The van der Waals surface area contributed by atoms with E-state index in [0.717, 1.165) is 46.0 Å². The van der Waals surface area contributed by atoms with E-state index in [2.05, 4.69) is 90.4 Å². The second-order valence-corrected chi connectivity index (χ2v) is 8.32. The number of benzene rings is 5. The van der Waals surface area contributed by atoms with E-state index in [1.165, 1.54) is 27.1 Å². The smallest absolute Gasteiger partial charge is 0.153 e. The molecule has 0 radical (unpaired) electrons. The highest BCUT2D eigenvalue weighted by molar-refractivity contribution is 6.13. The molecule has 0 spiro atoms. The molecule has 0 aliphatic carbocycles. The number of aryl methyl sites for hydroxylation is 1. The lowest BCUT2D eigenvalue weighted by molar-refractivity contribution is 0.474. The van der Waals surface area contributed by atoms with Gasteiger partial charge in [0.25, 0.3) is 0 Å². The number of fused-ring (bicyclic) bond motifs is 5. The number of hydrogen-bond acceptors (Lipinski definition) is 2. The molecule has 2 heterocycles. The van der Waals surface area contributed by atoms with Gasteiger partial charge < -0.3 is 4.74 Å². The van der Waals surface area contributed by atoms with Crippen molar-refractivity contribution in [1.82, 2.24) is 9.55 Å². The van der Waals surface area contributed by atoms with Gasteiger partial charge >= 0.3 is 0 Å². The summed E-state index contributed by atoms with van der Waals surface area (Å²) in [6.07, 6.45) is 0.866. The van der Waals surface area contributed by atoms with Gasteiger partial charge in [-0.3, -0.25) is 4.57 Å². The lowest BCUT2D eigenvalue weighted by Gasteiger charge is -2.22. The predicted octanol–water partition coefficient (Wildman–Crippen LogP) is 7.67. The number of hydrogen-bond donors (Lipinski definition) is 0. The third-order valence-electron chi connectivity index (χ3n) is 6.52. The van der Waals surface area contributed by atoms with Crippen molar-refractivity contribution < 1.29 is 4.74 Å². The number of rotatable bonds is 2. The van der Waals surface area contributed by atoms with Crippen LogP contribution in [0.4, 0.5) is 0 Å². The molecule has 152 valence electrons. The van der Waals surface area contributed by atoms with Crippen LogP contribution >= 0.6 is 0 Å². The average molecular weight is 412 g/mol. The zero-order chi connectivity index (χ0) is 21.2. The first-order chi connectivity index (χ1) is 15.8. The third kappa shape index (κ3) is 2.33. The summed E-state index contributed by atoms with van der Waals surface area (Å²) in [7, 11) is 0. The molecule has 7 rings (SSSR count). The SMILES string of the molecule is CCc1nc2cccc3c2n1-c1ccc(-c2cc4ccccc4c4ccccc24)cc1O3. The number of para-hydroxylation sites is 1. The van der Waals surface area contributed by atoms with E-state index in [9.17, 15) is 0 Å². The topological polar surface area (TPSA) is 27.1 Å². The maximum Gasteiger partial charge on any atom is 0.153 e. The Balaban J connectivity index is 1.50. The Bertz CT molecular complexity index is 1690. The Kier molecular flexibility index (Phi) is 3.54. The van der Waals surface area contributed by atoms with Crippen molar-refractivity contribution in [2.24, 2.45) is 0 Å². The van der Waals surface area contributed by atoms with Crippen LogP contribution in [0.15, 0.2) is 91.0 Å². The first-order valence-electron chi connectivity index (χ1n) is 11.1. The summed E-state index contributed by atoms with van der Waals surface area (Å²) in [4.78, 5) is 4.84. The van der Waals surface area contributed by atoms with Gasteiger partial charge in [-0.25, -0.2) is 4.98 Å². The van der Waals surface area contributed by atoms with Crippen molar-refractivity contribution in [1.29, 1.82) is 0 Å². The van der Waals surface area contributed by atoms with Crippen LogP contribution in [0.5, 0.6) is 11.5 Å². The van der Waals surface area contributed by atoms with Gasteiger partial charge in [0, 0.05) is 6.42 Å². The van der Waals surface area contributed by atoms with Gasteiger partial charge in [0.1, 0.15) is 11.3 Å². The van der Waals surface area contributed by atoms with Crippen molar-refractivity contribution in [2.75, 3.05) is 0 Å². The third-order valence-corrected chi connectivity index (χ3v) is 6.52. The molecule has 0 saturated carbocycles. The molecular weight excluding hydrogens is 392 g/mol. The molecule has 0 N–H and O–H groups in total. The molecule has 0 unspecified atom stereocenters. The van der Waals surface area contributed by atoms with Crippen molar-refractivity contribution in [3.63, 3.8) is 0 Å². The van der Waals surface area contributed by atoms with Crippen molar-refractivity contribution >= 4 is 32.6 Å². The summed E-state index contributed by atoms with van der Waals surface area (Å²) >= 11 is 0. The lowest BCUT2D eigenvalue weighted by Crippen LogP contribution is -2.07. The Morgan fingerprint density at radius 2 is 1.56 bits per heavy atom. The maximum absolute atomic E-state index is 6.41. The van der Waals surface area contributed by atoms with E-state index in [1.807, 2.05) is 12.1 Å². The van der Waals surface area contributed by atoms with Gasteiger partial charge in [0.15, 0.2) is 11.5 Å². The van der Waals surface area contributed by atoms with Crippen LogP contribution in [0, 0.1) is 0 Å². The molecule has 3 heteroatoms. The Labute approximate surface area is 185 Å². The standard InChI is InChI=1S/C29H20N2O/c1-2-28-30-24-12-7-13-26-29(24)31(28)25-15-14-19(17-27(25)32-26)23-16-18-8-3-4-9-20(18)21-10-5-6-11-22(21)23/h3-17H,2H2,1H3. The number of aromatic nitrogens is 2. The van der Waals surface area contributed by atoms with Gasteiger partial charge in [-0.2, -0.15) is 0 Å². The molecule has 0 atom stereocenters. The summed E-state index contributed by atoms with van der Waals surface area (Å²) in [5.41, 5.74) is 5.46. The van der Waals surface area contributed by atoms with Gasteiger partial charge in [0.2, 0.25) is 0 Å². The minimum absolute atomic E-state index is 0.864. The summed E-state index contributed by atoms with van der Waals surface area (Å²) in [6.45, 7) is 2.15. The van der Waals surface area contributed by atoms with Gasteiger partial charge in [-0.1, -0.05) is 67.6 Å². The molecule has 5 aromatic carbocycles. The molecule has 3 nitrogen and oxygen atoms in total. The van der Waals surface area contributed by atoms with Crippen molar-refractivity contribution in [3.05, 3.63) is 96.8 Å². The Morgan fingerprint density at radius 1 is 0.750 bits per heavy atom. The quantitative estimate of drug-likeness (QED) is 0.272. The highest BCUT2D eigenvalue weighted by Crippen LogP contribution is 2.44. The first kappa shape index (κ1) is 17.6. The lowest BCUT2D eigenvalue weighted by atomic mass is 9.93. The van der Waals surface area contributed by atoms with Crippen LogP contribution < -0.4 is 4.74 Å². The minimum atomic E-state index is 0.864. The van der Waals surface area contributed by atoms with E-state index in [-0.39, 0.29) is 0 Å². The molecule has 0 fully saturated rings. The summed E-state index contributed by atoms with van der Waals surface area (Å²) < 4.78 is 8.66. The summed E-state index contributed by atoms with van der Waals surface area (Å²) in [6, 6.07) is 32.2. The van der Waals surface area contributed by atoms with Gasteiger partial charge in [0.05, 0.1) is 11.2 Å². The highest BCUT2D eigenvalue weighted by Gasteiger charge is 2.24. The van der Waals surface area contributed by atoms with Crippen LogP contribution in [0.25, 0.3) is 49.4 Å². The second-order valence-electron chi connectivity index (χ2n) is 8.32. The normalized spacial score (nSPS) is 12.3. The molecule has 1 aromatic heterocycles. The molecule has 0 bridgehead atoms. The Hall–Kier alpha value is -4.11. The average Bonchev–Trinajstić information content (AvgIpc) is 3.24. The number of ether oxygens (including phenoxy) is 1. The fourth-order valence-electron chi connectivity index (χ4n) is 5.08. The van der Waals surface area contributed by atoms with Gasteiger partial charge in [-0.15, -0.1) is 0 Å². The summed E-state index contributed by atoms with van der Waals surface area (Å²) in [5.74, 6) is 2.79. The summed E-state index contributed by atoms with van der Waals surface area (Å²) in [5, 5.41) is 5.05. The van der Waals surface area contributed by atoms with Crippen LogP contribution in [0.1, 0.15) is 12.7 Å². The zero-order valence-corrected chi connectivity index (χ0v) is 17.7. The molecule has 6 aromatic rings. The van der Waals surface area contributed by atoms with Crippen LogP contribution in [0.2, 0.25) is 0 Å². The molecular formula is C29H20N2O. The molecule has 1 aliphatic heterocycles. The van der Waals surface area contributed by atoms with E-state index >= 15 is 0 Å². The highest BCUT2D eigenvalue weighted by atomic mass is 16.5. The van der Waals surface area contributed by atoms with E-state index < -0.39 is 0 Å². The fourth-order valence-corrected chi connectivity index (χ4v) is 5.08. The minimum Gasteiger partial charge on any atom is -0.453 e. The largest absolute Gasteiger partial charge is 0.453 e. The van der Waals surface area contributed by atoms with Crippen molar-refractivity contribution in [3.8, 4) is 28.3 Å². The van der Waals surface area contributed by atoms with Crippen LogP contribution in [0.3, 0.4) is 0 Å². The molecule has 1 aliphatic rings. The van der Waals surface area contributed by atoms with E-state index in [4.69, 9.17) is 9.72 Å². The fraction of sp³-hybridized carbons (Fsp3) is 0.0690. The molecule has 32 heavy (non-hydrogen) atoms. The maximum atomic E-state index is 6.41. The van der Waals surface area contributed by atoms with Crippen molar-refractivity contribution in [2.45, 2.75) is 13.3 Å². The first-order valence-corrected chi connectivity index (χ1v) is 11.1. The van der Waals surface area contributed by atoms with E-state index in [1.54, 1.807) is 0 Å². The zero-order valence-electron chi connectivity index (χ0n) is 17.7. The predicted molar refractivity (Wildman–Crippen MR) is 131 cm³/mol. The number of nitrogens with zero attached hydrogens (tertiary/aromatic N) is 2. The van der Waals surface area contributed by atoms with Crippen LogP contribution in [-0.4, -0.2) is 9.55 Å². The van der Waals surface area contributed by atoms with Crippen LogP contribution in [-0.2, 0) is 6.42 Å². The van der Waals surface area contributed by atoms with E-state index in [0.29, 0.717) is 0 Å². The molecule has 0 saturated heterocycles. The monoisotopic (exact) mass is 412 g/mol. The number of imidazole rings is 1. The molecule has 0 amide bonds. The van der Waals surface area contributed by atoms with Gasteiger partial charge in [-0.05, 0) is 63.0 Å². The Morgan fingerprint density at radius 3 is 2.44 bits per heavy atom.